The number of nitrogens with zero attached hydrogens (tertiary/aromatic N) is 1. The highest BCUT2D eigenvalue weighted by Crippen LogP contribution is 2.11. The molecule has 0 saturated heterocycles. The van der Waals surface area contributed by atoms with Crippen LogP contribution in [0.4, 0.5) is 0 Å². The zero-order chi connectivity index (χ0) is 49.2. The molecule has 0 bridgehead atoms. The Morgan fingerprint density at radius 1 is 0.448 bits per heavy atom. The van der Waals surface area contributed by atoms with Gasteiger partial charge in [-0.05, 0) is 116 Å². The molecule has 0 aliphatic rings. The first-order valence-electron chi connectivity index (χ1n) is 25.4. The molecule has 0 aliphatic heterocycles. The van der Waals surface area contributed by atoms with Crippen LogP contribution in [-0.2, 0) is 28.6 Å². The first-order valence-corrected chi connectivity index (χ1v) is 25.4. The van der Waals surface area contributed by atoms with Crippen LogP contribution in [0.5, 0.6) is 0 Å². The molecule has 0 saturated carbocycles. The van der Waals surface area contributed by atoms with Gasteiger partial charge in [-0.1, -0.05) is 166 Å². The molecule has 1 N–H and O–H groups in total. The van der Waals surface area contributed by atoms with Crippen molar-refractivity contribution in [1.82, 2.24) is 0 Å². The molecule has 374 valence electrons. The van der Waals surface area contributed by atoms with Crippen LogP contribution < -0.4 is 0 Å². The number of quaternary nitrogens is 1. The van der Waals surface area contributed by atoms with Crippen molar-refractivity contribution in [1.29, 1.82) is 0 Å². The normalized spacial score (nSPS) is 14.1. The van der Waals surface area contributed by atoms with Crippen molar-refractivity contribution < 1.29 is 38.2 Å². The van der Waals surface area contributed by atoms with Gasteiger partial charge in [-0.2, -0.15) is 0 Å². The number of ether oxygens (including phenoxy) is 3. The van der Waals surface area contributed by atoms with Crippen molar-refractivity contribution in [2.75, 3.05) is 41.0 Å². The number of aliphatic carboxylic acids is 1. The lowest BCUT2D eigenvalue weighted by molar-refractivity contribution is -0.887. The maximum atomic E-state index is 12.8. The van der Waals surface area contributed by atoms with Gasteiger partial charge in [-0.3, -0.25) is 9.59 Å². The van der Waals surface area contributed by atoms with Gasteiger partial charge >= 0.3 is 17.9 Å². The van der Waals surface area contributed by atoms with Crippen LogP contribution in [0.3, 0.4) is 0 Å². The van der Waals surface area contributed by atoms with E-state index in [9.17, 15) is 19.5 Å². The molecule has 0 rings (SSSR count). The highest BCUT2D eigenvalue weighted by Gasteiger charge is 2.31. The number of carbonyl (C=O) groups excluding carboxylic acids is 2. The first-order chi connectivity index (χ1) is 32.6. The maximum absolute atomic E-state index is 12.8. The Morgan fingerprint density at radius 2 is 0.791 bits per heavy atom. The first kappa shape index (κ1) is 62.2. The maximum Gasteiger partial charge on any atom is 0.362 e. The molecule has 0 aromatic carbocycles. The fourth-order valence-electron chi connectivity index (χ4n) is 6.39. The van der Waals surface area contributed by atoms with E-state index in [1.165, 1.54) is 0 Å². The predicted molar refractivity (Wildman–Crippen MR) is 284 cm³/mol. The molecule has 2 unspecified atom stereocenters. The SMILES string of the molecule is CC/C=C/C/C=C/C/C=C/C/C=C/C/C=C/C/C=C/CCCCCC(=O)OCC(COCCC(C(=O)O)[N+](C)(C)C)OC(=O)CCCC/C=C/C/C=C/C/C=C/C/C=C/C/C=C/C/C=C/CC. The van der Waals surface area contributed by atoms with E-state index in [2.05, 4.69) is 160 Å². The average molecular weight is 927 g/mol. The molecule has 8 nitrogen and oxygen atoms in total. The molecule has 0 aliphatic carbocycles. The number of esters is 2. The molecule has 0 amide bonds. The summed E-state index contributed by atoms with van der Waals surface area (Å²) >= 11 is 0. The second kappa shape index (κ2) is 47.7. The minimum Gasteiger partial charge on any atom is -0.477 e. The van der Waals surface area contributed by atoms with Crippen molar-refractivity contribution in [2.45, 2.75) is 167 Å². The number of allylic oxidation sites excluding steroid dienone is 24. The van der Waals surface area contributed by atoms with E-state index >= 15 is 0 Å². The molecular weight excluding hydrogens is 835 g/mol. The molecular formula is C59H92NO7+. The van der Waals surface area contributed by atoms with Crippen LogP contribution in [0, 0.1) is 0 Å². The zero-order valence-electron chi connectivity index (χ0n) is 42.5. The zero-order valence-corrected chi connectivity index (χ0v) is 42.5. The smallest absolute Gasteiger partial charge is 0.362 e. The van der Waals surface area contributed by atoms with Crippen molar-refractivity contribution in [3.8, 4) is 0 Å². The summed E-state index contributed by atoms with van der Waals surface area (Å²) < 4.78 is 17.3. The summed E-state index contributed by atoms with van der Waals surface area (Å²) in [6.45, 7) is 4.40. The Labute approximate surface area is 408 Å². The van der Waals surface area contributed by atoms with E-state index in [-0.39, 0.29) is 42.7 Å². The number of likely N-dealkylation sites (N-methyl/N-ethyl adjacent to an activating group) is 1. The van der Waals surface area contributed by atoms with Crippen molar-refractivity contribution in [2.24, 2.45) is 0 Å². The second-order valence-corrected chi connectivity index (χ2v) is 17.3. The van der Waals surface area contributed by atoms with Crippen molar-refractivity contribution >= 4 is 17.9 Å². The number of carbonyl (C=O) groups is 3. The third-order valence-corrected chi connectivity index (χ3v) is 10.2. The Bertz CT molecular complexity index is 1590. The number of rotatable bonds is 43. The Kier molecular flexibility index (Phi) is 44.3. The van der Waals surface area contributed by atoms with Crippen LogP contribution in [0.25, 0.3) is 0 Å². The Balaban J connectivity index is 4.46. The van der Waals surface area contributed by atoms with E-state index in [1.54, 1.807) is 0 Å². The lowest BCUT2D eigenvalue weighted by Gasteiger charge is -2.31. The van der Waals surface area contributed by atoms with Gasteiger partial charge in [0.25, 0.3) is 0 Å². The minimum atomic E-state index is -0.894. The van der Waals surface area contributed by atoms with E-state index in [4.69, 9.17) is 14.2 Å². The molecule has 0 spiro atoms. The topological polar surface area (TPSA) is 99.1 Å². The molecule has 0 aromatic rings. The van der Waals surface area contributed by atoms with Gasteiger partial charge in [0.2, 0.25) is 0 Å². The summed E-state index contributed by atoms with van der Waals surface area (Å²) in [7, 11) is 5.49. The highest BCUT2D eigenvalue weighted by molar-refractivity contribution is 5.72. The van der Waals surface area contributed by atoms with Gasteiger partial charge in [-0.25, -0.2) is 4.79 Å². The lowest BCUT2D eigenvalue weighted by Crippen LogP contribution is -2.50. The second-order valence-electron chi connectivity index (χ2n) is 17.3. The molecule has 2 atom stereocenters. The third-order valence-electron chi connectivity index (χ3n) is 10.2. The van der Waals surface area contributed by atoms with Crippen LogP contribution in [0.2, 0.25) is 0 Å². The largest absolute Gasteiger partial charge is 0.477 e. The number of hydrogen-bond donors (Lipinski definition) is 1. The van der Waals surface area contributed by atoms with E-state index in [0.717, 1.165) is 116 Å². The number of carboxylic acid groups (broad SMARTS) is 1. The summed E-state index contributed by atoms with van der Waals surface area (Å²) in [5.74, 6) is -1.59. The van der Waals surface area contributed by atoms with Crippen LogP contribution in [-0.4, -0.2) is 80.6 Å². The number of carboxylic acids is 1. The standard InChI is InChI=1S/C59H91NO7/c1-6-8-10-12-14-16-18-20-22-24-26-28-30-31-33-35-37-39-41-43-45-47-49-57(61)66-54-55(53-65-52-51-56(59(63)64)60(3,4)5)67-58(62)50-48-46-44-42-40-38-36-34-32-29-27-25-23-21-19-17-15-13-11-9-7-2/h8-11,14-17,20-23,26-29,31,33-34,36-37,39-40,42,55-56H,6-7,12-13,18-19,24-25,30,32,35,38,41,43-54H2,1-5H3/p+1/b10-8+,11-9+,16-14+,17-15+,22-20+,23-21+,28-26+,29-27+,33-31+,36-34+,39-37+,42-40+. The van der Waals surface area contributed by atoms with Gasteiger partial charge in [-0.15, -0.1) is 0 Å². The van der Waals surface area contributed by atoms with Crippen LogP contribution in [0.1, 0.15) is 155 Å². The van der Waals surface area contributed by atoms with E-state index < -0.39 is 18.1 Å². The monoisotopic (exact) mass is 927 g/mol. The van der Waals surface area contributed by atoms with Gasteiger partial charge in [0, 0.05) is 19.3 Å². The minimum absolute atomic E-state index is 0.0208. The molecule has 8 heteroatoms. The van der Waals surface area contributed by atoms with Gasteiger partial charge in [0.1, 0.15) is 6.61 Å². The summed E-state index contributed by atoms with van der Waals surface area (Å²) in [4.78, 5) is 37.2. The predicted octanol–water partition coefficient (Wildman–Crippen LogP) is 14.9. The molecule has 67 heavy (non-hydrogen) atoms. The Morgan fingerprint density at radius 3 is 1.16 bits per heavy atom. The van der Waals surface area contributed by atoms with E-state index in [0.29, 0.717) is 19.3 Å². The molecule has 0 aromatic heterocycles. The number of hydrogen-bond acceptors (Lipinski definition) is 6. The highest BCUT2D eigenvalue weighted by atomic mass is 16.6. The van der Waals surface area contributed by atoms with Crippen LogP contribution >= 0.6 is 0 Å². The lowest BCUT2D eigenvalue weighted by atomic mass is 10.1. The number of unbranched alkanes of at least 4 members (excludes halogenated alkanes) is 5. The molecule has 0 heterocycles. The van der Waals surface area contributed by atoms with Crippen molar-refractivity contribution in [3.05, 3.63) is 146 Å². The van der Waals surface area contributed by atoms with Gasteiger partial charge in [0.15, 0.2) is 12.1 Å². The fraction of sp³-hybridized carbons (Fsp3) is 0.542. The fourth-order valence-corrected chi connectivity index (χ4v) is 6.39. The van der Waals surface area contributed by atoms with Gasteiger partial charge in [0.05, 0.1) is 34.4 Å². The summed E-state index contributed by atoms with van der Waals surface area (Å²) in [6.07, 6.45) is 70.4. The summed E-state index contributed by atoms with van der Waals surface area (Å²) in [5.41, 5.74) is 0. The van der Waals surface area contributed by atoms with Crippen LogP contribution in [0.15, 0.2) is 146 Å². The van der Waals surface area contributed by atoms with Crippen molar-refractivity contribution in [3.63, 3.8) is 0 Å². The third kappa shape index (κ3) is 46.1. The summed E-state index contributed by atoms with van der Waals surface area (Å²) in [5, 5.41) is 9.66. The Hall–Kier alpha value is -4.79. The van der Waals surface area contributed by atoms with Gasteiger partial charge < -0.3 is 23.8 Å². The van der Waals surface area contributed by atoms with E-state index in [1.807, 2.05) is 21.1 Å². The quantitative estimate of drug-likeness (QED) is 0.0281. The average Bonchev–Trinajstić information content (AvgIpc) is 3.29. The molecule has 0 fully saturated rings. The summed E-state index contributed by atoms with van der Waals surface area (Å²) in [6, 6.07) is -0.639. The molecule has 0 radical (unpaired) electrons.